The van der Waals surface area contributed by atoms with Crippen molar-refractivity contribution in [2.45, 2.75) is 22.0 Å². The summed E-state index contributed by atoms with van der Waals surface area (Å²) in [6.45, 7) is 0. The number of nitrogens with zero attached hydrogens (tertiary/aromatic N) is 3. The predicted octanol–water partition coefficient (Wildman–Crippen LogP) is 2.86. The summed E-state index contributed by atoms with van der Waals surface area (Å²) in [5.74, 6) is 0. The van der Waals surface area contributed by atoms with Crippen LogP contribution in [-0.4, -0.2) is 47.3 Å². The topological polar surface area (TPSA) is 141 Å². The van der Waals surface area contributed by atoms with E-state index in [4.69, 9.17) is 0 Å². The molecule has 25 heteroatoms. The van der Waals surface area contributed by atoms with Crippen LogP contribution in [0.15, 0.2) is 7.54 Å². The SMILES string of the molecule is O=S(=O)(N=S(=O)([N-]S(=O)(=NS(=O)(=O)C(F)(F)F)C(F)(F)F)C(F)(F)F)C(F)(F)F. The first kappa shape index (κ1) is 27.9. The van der Waals surface area contributed by atoms with Gasteiger partial charge in [0.2, 0.25) is 0 Å². The predicted molar refractivity (Wildman–Crippen MR) is 66.6 cm³/mol. The smallest absolute Gasteiger partial charge is 0.455 e. The maximum atomic E-state index is 12.6. The monoisotopic (exact) mass is 542 g/mol. The van der Waals surface area contributed by atoms with E-state index >= 15 is 0 Å². The molecule has 0 aliphatic heterocycles. The lowest BCUT2D eigenvalue weighted by atomic mass is 11.6. The van der Waals surface area contributed by atoms with Gasteiger partial charge in [-0.3, -0.25) is 8.42 Å². The standard InChI is InChI=1S/C4F12N3O6S4/c5-1(6,7)26(20,18-28(22,23)3(11,12)13)17-27(21,2(8,9)10)19-29(24,25)4(14,15)16/q-1. The van der Waals surface area contributed by atoms with Gasteiger partial charge in [-0.15, -0.1) is 7.54 Å². The zero-order chi connectivity index (χ0) is 24.1. The van der Waals surface area contributed by atoms with Gasteiger partial charge in [0.25, 0.3) is 0 Å². The molecule has 0 aliphatic carbocycles. The van der Waals surface area contributed by atoms with E-state index < -0.39 is 61.9 Å². The molecule has 0 saturated carbocycles. The minimum atomic E-state index is -7.88. The molecule has 0 rings (SSSR count). The molecule has 2 unspecified atom stereocenters. The van der Waals surface area contributed by atoms with E-state index in [1.54, 1.807) is 0 Å². The number of hydrogen-bond acceptors (Lipinski definition) is 6. The minimum Gasteiger partial charge on any atom is -0.455 e. The Morgan fingerprint density at radius 2 is 0.655 bits per heavy atom. The van der Waals surface area contributed by atoms with Gasteiger partial charge in [-0.25, -0.2) is 0 Å². The number of rotatable bonds is 4. The molecule has 176 valence electrons. The van der Waals surface area contributed by atoms with E-state index in [-0.39, 0.29) is 0 Å². The second-order valence-electron chi connectivity index (χ2n) is 3.95. The second-order valence-corrected chi connectivity index (χ2v) is 11.5. The molecule has 0 aromatic carbocycles. The lowest BCUT2D eigenvalue weighted by Crippen LogP contribution is -2.33. The highest BCUT2D eigenvalue weighted by molar-refractivity contribution is 8.19. The van der Waals surface area contributed by atoms with Crippen LogP contribution in [0.1, 0.15) is 0 Å². The molecule has 0 bridgehead atoms. The Morgan fingerprint density at radius 1 is 0.448 bits per heavy atom. The fraction of sp³-hybridized carbons (Fsp3) is 1.00. The third-order valence-electron chi connectivity index (χ3n) is 1.79. The Hall–Kier alpha value is -1.08. The molecule has 0 radical (unpaired) electrons. The van der Waals surface area contributed by atoms with Crippen molar-refractivity contribution < 1.29 is 77.9 Å². The summed E-state index contributed by atoms with van der Waals surface area (Å²) in [5.41, 5.74) is -28.0. The summed E-state index contributed by atoms with van der Waals surface area (Å²) in [6.07, 6.45) is 0. The van der Waals surface area contributed by atoms with E-state index in [0.29, 0.717) is 11.7 Å². The van der Waals surface area contributed by atoms with Gasteiger partial charge in [0.15, 0.2) is 0 Å². The molecule has 0 heterocycles. The number of hydrogen-bond donors (Lipinski definition) is 0. The number of halogens is 12. The molecule has 29 heavy (non-hydrogen) atoms. The quantitative estimate of drug-likeness (QED) is 0.501. The first-order valence-corrected chi connectivity index (χ1v) is 11.0. The molecule has 0 saturated heterocycles. The highest BCUT2D eigenvalue weighted by Crippen LogP contribution is 2.42. The molecule has 0 spiro atoms. The van der Waals surface area contributed by atoms with Crippen LogP contribution in [0.3, 0.4) is 0 Å². The number of alkyl halides is 12. The van der Waals surface area contributed by atoms with Crippen molar-refractivity contribution in [3.05, 3.63) is 4.13 Å². The molecule has 0 amide bonds. The average molecular weight is 542 g/mol. The van der Waals surface area contributed by atoms with E-state index in [2.05, 4.69) is 0 Å². The number of sulfonamides is 2. The molecule has 0 aromatic heterocycles. The molecule has 0 aromatic rings. The van der Waals surface area contributed by atoms with E-state index in [9.17, 15) is 77.9 Å². The maximum absolute atomic E-state index is 12.6. The van der Waals surface area contributed by atoms with Crippen LogP contribution in [0.25, 0.3) is 4.13 Å². The second kappa shape index (κ2) is 7.26. The molecular weight excluding hydrogens is 542 g/mol. The van der Waals surface area contributed by atoms with Gasteiger partial charge in [0, 0.05) is 0 Å². The van der Waals surface area contributed by atoms with Crippen molar-refractivity contribution in [1.29, 1.82) is 0 Å². The molecule has 0 fully saturated rings. The largest absolute Gasteiger partial charge is 0.519 e. The van der Waals surface area contributed by atoms with E-state index in [0.717, 1.165) is 0 Å². The lowest BCUT2D eigenvalue weighted by Gasteiger charge is -2.30. The Kier molecular flexibility index (Phi) is 6.99. The van der Waals surface area contributed by atoms with Crippen LogP contribution in [0.2, 0.25) is 0 Å². The minimum absolute atomic E-state index is 0.542. The summed E-state index contributed by atoms with van der Waals surface area (Å²) in [6, 6.07) is 0. The summed E-state index contributed by atoms with van der Waals surface area (Å²) < 4.78 is 215. The summed E-state index contributed by atoms with van der Waals surface area (Å²) in [4.78, 5) is 0. The zero-order valence-corrected chi connectivity index (χ0v) is 15.2. The molecule has 0 N–H and O–H groups in total. The van der Waals surface area contributed by atoms with Crippen LogP contribution >= 0.6 is 0 Å². The van der Waals surface area contributed by atoms with Crippen molar-refractivity contribution in [2.24, 2.45) is 7.54 Å². The van der Waals surface area contributed by atoms with Crippen LogP contribution in [0, 0.1) is 0 Å². The average Bonchev–Trinajstić information content (AvgIpc) is 2.30. The summed E-state index contributed by atoms with van der Waals surface area (Å²) >= 11 is 0. The first-order chi connectivity index (χ1) is 12.1. The maximum Gasteiger partial charge on any atom is 0.519 e. The first-order valence-electron chi connectivity index (χ1n) is 5.18. The van der Waals surface area contributed by atoms with Crippen molar-refractivity contribution in [1.82, 2.24) is 0 Å². The zero-order valence-electron chi connectivity index (χ0n) is 12.0. The molecule has 9 nitrogen and oxygen atoms in total. The van der Waals surface area contributed by atoms with Crippen molar-refractivity contribution in [2.75, 3.05) is 0 Å². The third kappa shape index (κ3) is 5.97. The third-order valence-corrected chi connectivity index (χ3v) is 8.97. The normalized spacial score (nSPS) is 19.2. The van der Waals surface area contributed by atoms with Gasteiger partial charge in [-0.05, 0) is 0 Å². The Labute approximate surface area is 152 Å². The fourth-order valence-electron chi connectivity index (χ4n) is 0.684. The van der Waals surface area contributed by atoms with Gasteiger partial charge in [-0.1, -0.05) is 0 Å². The van der Waals surface area contributed by atoms with E-state index in [1.807, 2.05) is 0 Å². The lowest BCUT2D eigenvalue weighted by molar-refractivity contribution is -0.0447. The summed E-state index contributed by atoms with van der Waals surface area (Å²) in [7, 11) is -31.0. The highest BCUT2D eigenvalue weighted by atomic mass is 32.3. The van der Waals surface area contributed by atoms with Crippen LogP contribution in [-0.2, 0) is 39.9 Å². The van der Waals surface area contributed by atoms with Crippen LogP contribution < -0.4 is 0 Å². The Bertz CT molecular complexity index is 1000. The van der Waals surface area contributed by atoms with E-state index in [1.165, 1.54) is 0 Å². The van der Waals surface area contributed by atoms with Gasteiger partial charge in [0.05, 0.1) is 19.8 Å². The van der Waals surface area contributed by atoms with Crippen LogP contribution in [0.4, 0.5) is 52.7 Å². The van der Waals surface area contributed by atoms with Crippen LogP contribution in [0.5, 0.6) is 0 Å². The fourth-order valence-corrected chi connectivity index (χ4v) is 6.64. The van der Waals surface area contributed by atoms with Gasteiger partial charge in [0.1, 0.15) is 0 Å². The molecular formula is C4F12N3O6S4-. The Morgan fingerprint density at radius 3 is 0.793 bits per heavy atom. The Balaban J connectivity index is 7.36. The van der Waals surface area contributed by atoms with Crippen molar-refractivity contribution in [3.63, 3.8) is 0 Å². The highest BCUT2D eigenvalue weighted by Gasteiger charge is 2.53. The van der Waals surface area contributed by atoms with Gasteiger partial charge in [-0.2, -0.15) is 69.5 Å². The summed E-state index contributed by atoms with van der Waals surface area (Å²) in [5, 5.41) is 0. The van der Waals surface area contributed by atoms with Crippen molar-refractivity contribution >= 4 is 39.9 Å². The molecule has 0 aliphatic rings. The van der Waals surface area contributed by atoms with Crippen molar-refractivity contribution in [3.8, 4) is 0 Å². The molecule has 2 atom stereocenters. The van der Waals surface area contributed by atoms with Gasteiger partial charge < -0.3 is 4.13 Å². The van der Waals surface area contributed by atoms with Gasteiger partial charge >= 0.3 is 42.1 Å².